The minimum absolute atomic E-state index is 0.0791. The molecular formula is C10H12O5. The fourth-order valence-corrected chi connectivity index (χ4v) is 1.74. The van der Waals surface area contributed by atoms with Crippen molar-refractivity contribution in [2.45, 2.75) is 19.8 Å². The van der Waals surface area contributed by atoms with E-state index < -0.39 is 35.2 Å². The van der Waals surface area contributed by atoms with E-state index in [2.05, 4.69) is 4.74 Å². The van der Waals surface area contributed by atoms with E-state index in [1.165, 1.54) is 14.0 Å². The van der Waals surface area contributed by atoms with E-state index >= 15 is 0 Å². The van der Waals surface area contributed by atoms with Crippen molar-refractivity contribution in [3.63, 3.8) is 0 Å². The number of hydrogen-bond acceptors (Lipinski definition) is 5. The molecule has 0 N–H and O–H groups in total. The van der Waals surface area contributed by atoms with Gasteiger partial charge in [0.05, 0.1) is 7.11 Å². The largest absolute Gasteiger partial charge is 0.468 e. The Balaban J connectivity index is 2.91. The molecular weight excluding hydrogens is 200 g/mol. The van der Waals surface area contributed by atoms with E-state index in [0.717, 1.165) is 0 Å². The Labute approximate surface area is 86.8 Å². The van der Waals surface area contributed by atoms with Crippen molar-refractivity contribution in [1.82, 2.24) is 0 Å². The second-order valence-electron chi connectivity index (χ2n) is 3.53. The molecule has 5 heteroatoms. The van der Waals surface area contributed by atoms with E-state index in [9.17, 15) is 19.2 Å². The average Bonchev–Trinajstić information content (AvgIpc) is 2.16. The highest BCUT2D eigenvalue weighted by atomic mass is 16.5. The van der Waals surface area contributed by atoms with E-state index in [4.69, 9.17) is 0 Å². The molecule has 0 aromatic rings. The Morgan fingerprint density at radius 1 is 1.33 bits per heavy atom. The number of hydrogen-bond donors (Lipinski definition) is 0. The highest BCUT2D eigenvalue weighted by Crippen LogP contribution is 2.24. The molecule has 1 saturated carbocycles. The molecule has 1 rings (SSSR count). The van der Waals surface area contributed by atoms with Gasteiger partial charge in [-0.1, -0.05) is 0 Å². The molecule has 0 bridgehead atoms. The van der Waals surface area contributed by atoms with Gasteiger partial charge in [0.25, 0.3) is 0 Å². The maximum atomic E-state index is 11.6. The molecule has 0 unspecified atom stereocenters. The first-order chi connectivity index (χ1) is 6.99. The summed E-state index contributed by atoms with van der Waals surface area (Å²) in [5.74, 6) is -4.40. The van der Waals surface area contributed by atoms with Crippen LogP contribution in [0.25, 0.3) is 0 Å². The predicted octanol–water partition coefficient (Wildman–Crippen LogP) is -0.0872. The summed E-state index contributed by atoms with van der Waals surface area (Å²) in [5.41, 5.74) is 0. The summed E-state index contributed by atoms with van der Waals surface area (Å²) in [7, 11) is 1.18. The smallest absolute Gasteiger partial charge is 0.316 e. The molecule has 82 valence electrons. The quantitative estimate of drug-likeness (QED) is 0.472. The maximum Gasteiger partial charge on any atom is 0.316 e. The van der Waals surface area contributed by atoms with Gasteiger partial charge in [-0.25, -0.2) is 0 Å². The van der Waals surface area contributed by atoms with Crippen LogP contribution in [0.3, 0.4) is 0 Å². The molecule has 0 radical (unpaired) electrons. The number of carbonyl (C=O) groups is 4. The molecule has 0 saturated heterocycles. The molecule has 0 aromatic carbocycles. The Kier molecular flexibility index (Phi) is 3.34. The minimum Gasteiger partial charge on any atom is -0.468 e. The van der Waals surface area contributed by atoms with Crippen LogP contribution in [0.15, 0.2) is 0 Å². The summed E-state index contributed by atoms with van der Waals surface area (Å²) in [6, 6.07) is 0. The zero-order valence-electron chi connectivity index (χ0n) is 8.61. The van der Waals surface area contributed by atoms with Gasteiger partial charge in [-0.15, -0.1) is 0 Å². The highest BCUT2D eigenvalue weighted by Gasteiger charge is 2.43. The Morgan fingerprint density at radius 2 is 1.93 bits per heavy atom. The van der Waals surface area contributed by atoms with Crippen LogP contribution >= 0.6 is 0 Å². The summed E-state index contributed by atoms with van der Waals surface area (Å²) in [5, 5.41) is 0. The molecule has 1 aliphatic carbocycles. The van der Waals surface area contributed by atoms with Gasteiger partial charge in [-0.2, -0.15) is 0 Å². The molecule has 5 nitrogen and oxygen atoms in total. The number of ether oxygens (including phenoxy) is 1. The van der Waals surface area contributed by atoms with Crippen LogP contribution in [0, 0.1) is 11.8 Å². The topological polar surface area (TPSA) is 77.5 Å². The van der Waals surface area contributed by atoms with Crippen molar-refractivity contribution in [1.29, 1.82) is 0 Å². The fraction of sp³-hybridized carbons (Fsp3) is 0.600. The number of ketones is 3. The zero-order chi connectivity index (χ0) is 11.6. The first-order valence-corrected chi connectivity index (χ1v) is 4.63. The Hall–Kier alpha value is -1.52. The first-order valence-electron chi connectivity index (χ1n) is 4.63. The fourth-order valence-electron chi connectivity index (χ4n) is 1.74. The number of rotatable bonds is 2. The third kappa shape index (κ3) is 2.11. The van der Waals surface area contributed by atoms with Gasteiger partial charge < -0.3 is 4.74 Å². The summed E-state index contributed by atoms with van der Waals surface area (Å²) in [6.45, 7) is 1.18. The molecule has 1 aliphatic rings. The van der Waals surface area contributed by atoms with E-state index in [1.54, 1.807) is 0 Å². The van der Waals surface area contributed by atoms with Crippen LogP contribution in [-0.2, 0) is 23.9 Å². The van der Waals surface area contributed by atoms with Crippen molar-refractivity contribution in [3.8, 4) is 0 Å². The van der Waals surface area contributed by atoms with Gasteiger partial charge >= 0.3 is 5.97 Å². The average molecular weight is 212 g/mol. The lowest BCUT2D eigenvalue weighted by Gasteiger charge is -2.23. The monoisotopic (exact) mass is 212 g/mol. The van der Waals surface area contributed by atoms with Gasteiger partial charge in [-0.3, -0.25) is 19.2 Å². The van der Waals surface area contributed by atoms with Crippen molar-refractivity contribution < 1.29 is 23.9 Å². The van der Waals surface area contributed by atoms with Crippen molar-refractivity contribution >= 4 is 23.3 Å². The van der Waals surface area contributed by atoms with Crippen molar-refractivity contribution in [2.75, 3.05) is 7.11 Å². The lowest BCUT2D eigenvalue weighted by atomic mass is 9.77. The van der Waals surface area contributed by atoms with Crippen LogP contribution in [0.4, 0.5) is 0 Å². The van der Waals surface area contributed by atoms with Crippen molar-refractivity contribution in [2.24, 2.45) is 11.8 Å². The molecule has 0 aliphatic heterocycles. The lowest BCUT2D eigenvalue weighted by Crippen LogP contribution is -2.42. The van der Waals surface area contributed by atoms with Crippen LogP contribution in [0.2, 0.25) is 0 Å². The standard InChI is InChI=1S/C10H12O5/c1-5(11)8-7(12)4-3-6(9(8)13)10(14)15-2/h6,8H,3-4H2,1-2H3/t6-,8+/m1/s1. The zero-order valence-corrected chi connectivity index (χ0v) is 8.61. The highest BCUT2D eigenvalue weighted by molar-refractivity contribution is 6.23. The SMILES string of the molecule is COC(=O)[C@@H]1CCC(=O)[C@H](C(C)=O)C1=O. The molecule has 0 amide bonds. The van der Waals surface area contributed by atoms with Gasteiger partial charge in [0.1, 0.15) is 17.6 Å². The molecule has 0 heterocycles. The number of Topliss-reactive ketones (excluding diaryl/α,β-unsaturated/α-hetero) is 3. The number of methoxy groups -OCH3 is 1. The second-order valence-corrected chi connectivity index (χ2v) is 3.53. The molecule has 15 heavy (non-hydrogen) atoms. The lowest BCUT2D eigenvalue weighted by molar-refractivity contribution is -0.154. The summed E-state index contributed by atoms with van der Waals surface area (Å²) in [6.07, 6.45) is 0.226. The van der Waals surface area contributed by atoms with E-state index in [0.29, 0.717) is 0 Å². The minimum atomic E-state index is -1.26. The van der Waals surface area contributed by atoms with Gasteiger partial charge in [0.2, 0.25) is 0 Å². The summed E-state index contributed by atoms with van der Waals surface area (Å²) in [4.78, 5) is 45.2. The van der Waals surface area contributed by atoms with E-state index in [-0.39, 0.29) is 12.8 Å². The van der Waals surface area contributed by atoms with E-state index in [1.807, 2.05) is 0 Å². The molecule has 0 spiro atoms. The van der Waals surface area contributed by atoms with Crippen LogP contribution < -0.4 is 0 Å². The third-order valence-electron chi connectivity index (χ3n) is 2.52. The van der Waals surface area contributed by atoms with Gasteiger partial charge in [0, 0.05) is 6.42 Å². The summed E-state index contributed by atoms with van der Waals surface area (Å²) >= 11 is 0. The number of esters is 1. The predicted molar refractivity (Wildman–Crippen MR) is 48.9 cm³/mol. The molecule has 2 atom stereocenters. The normalized spacial score (nSPS) is 26.3. The first kappa shape index (κ1) is 11.6. The molecule has 0 aromatic heterocycles. The summed E-state index contributed by atoms with van der Waals surface area (Å²) < 4.78 is 4.44. The maximum absolute atomic E-state index is 11.6. The Bertz CT molecular complexity index is 331. The van der Waals surface area contributed by atoms with Crippen molar-refractivity contribution in [3.05, 3.63) is 0 Å². The van der Waals surface area contributed by atoms with Crippen LogP contribution in [0.5, 0.6) is 0 Å². The van der Waals surface area contributed by atoms with Gasteiger partial charge in [-0.05, 0) is 13.3 Å². The second kappa shape index (κ2) is 4.33. The van der Waals surface area contributed by atoms with Gasteiger partial charge in [0.15, 0.2) is 11.6 Å². The molecule has 1 fully saturated rings. The third-order valence-corrected chi connectivity index (χ3v) is 2.52. The Morgan fingerprint density at radius 3 is 2.40 bits per heavy atom. The number of carbonyl (C=O) groups excluding carboxylic acids is 4. The van der Waals surface area contributed by atoms with Crippen LogP contribution in [-0.4, -0.2) is 30.4 Å². The van der Waals surface area contributed by atoms with Crippen LogP contribution in [0.1, 0.15) is 19.8 Å².